The van der Waals surface area contributed by atoms with Gasteiger partial charge in [0.15, 0.2) is 7.23 Å². The Hall–Kier alpha value is -2.68. The predicted octanol–water partition coefficient (Wildman–Crippen LogP) is 1.38. The van der Waals surface area contributed by atoms with Gasteiger partial charge in [-0.05, 0) is 30.1 Å². The van der Waals surface area contributed by atoms with E-state index in [1.807, 2.05) is 0 Å². The number of piperidine rings is 1. The second-order valence-corrected chi connectivity index (χ2v) is 5.10. The smallest absolute Gasteiger partial charge is 0.211 e. The molecule has 8 nitrogen and oxygen atoms in total. The van der Waals surface area contributed by atoms with Gasteiger partial charge in [-0.15, -0.1) is 0 Å². The fraction of sp³-hybridized carbons (Fsp3) is 0.368. The molecule has 1 aromatic carbocycles. The molecule has 0 unspecified atom stereocenters. The Morgan fingerprint density at radius 1 is 1.70 bits per heavy atom. The quantitative estimate of drug-likeness (QED) is 0.561. The van der Waals surface area contributed by atoms with Crippen molar-refractivity contribution in [1.82, 2.24) is 19.5 Å². The van der Waals surface area contributed by atoms with E-state index in [1.54, 1.807) is 0 Å². The van der Waals surface area contributed by atoms with Gasteiger partial charge in [0, 0.05) is 53.1 Å². The van der Waals surface area contributed by atoms with Gasteiger partial charge in [0.1, 0.15) is 21.8 Å². The molecule has 4 N–H and O–H groups in total. The molecular weight excluding hydrogens is 344 g/mol. The van der Waals surface area contributed by atoms with Crippen molar-refractivity contribution >= 4 is 17.0 Å². The first-order valence-electron chi connectivity index (χ1n) is 17.5. The van der Waals surface area contributed by atoms with E-state index in [0.717, 1.165) is 0 Å². The summed E-state index contributed by atoms with van der Waals surface area (Å²) in [6, 6.07) is -6.72. The Labute approximate surface area is 187 Å². The highest BCUT2D eigenvalue weighted by atomic mass is 16.5. The van der Waals surface area contributed by atoms with Crippen LogP contribution < -0.4 is 15.8 Å². The van der Waals surface area contributed by atoms with E-state index < -0.39 is 116 Å². The Bertz CT molecular complexity index is 1770. The number of β-amino-alcohol motifs (C(OH)–C–C–N with tert-alkyl or cyclic N) is 1. The van der Waals surface area contributed by atoms with Crippen LogP contribution in [0, 0.1) is 0 Å². The summed E-state index contributed by atoms with van der Waals surface area (Å²) >= 11 is 0. The van der Waals surface area contributed by atoms with Crippen LogP contribution >= 0.6 is 0 Å². The minimum absolute atomic E-state index is 0.0771. The first-order chi connectivity index (χ1) is 21.6. The summed E-state index contributed by atoms with van der Waals surface area (Å²) < 4.78 is 177. The zero-order chi connectivity index (χ0) is 36.9. The number of ether oxygens (including phenoxy) is 1. The van der Waals surface area contributed by atoms with Crippen molar-refractivity contribution in [1.29, 1.82) is 1.43 Å². The summed E-state index contributed by atoms with van der Waals surface area (Å²) in [5.41, 5.74) is -3.37. The summed E-state index contributed by atoms with van der Waals surface area (Å²) in [7, 11) is -3.15. The molecular formula is C19H24N6O2. The lowest BCUT2D eigenvalue weighted by Gasteiger charge is -2.33. The maximum atomic E-state index is 9.00. The van der Waals surface area contributed by atoms with E-state index >= 15 is 0 Å². The van der Waals surface area contributed by atoms with Gasteiger partial charge in [-0.1, -0.05) is 6.04 Å². The number of likely N-dealkylation sites (tertiary alicyclic amines) is 1. The molecule has 1 saturated heterocycles. The third kappa shape index (κ3) is 3.73. The van der Waals surface area contributed by atoms with Crippen molar-refractivity contribution in [3.63, 3.8) is 0 Å². The third-order valence-corrected chi connectivity index (χ3v) is 3.35. The largest absolute Gasteiger partial charge is 0.497 e. The third-order valence-electron chi connectivity index (χ3n) is 3.35. The first kappa shape index (κ1) is 5.66. The number of benzene rings is 1. The fourth-order valence-electron chi connectivity index (χ4n) is 2.17. The minimum Gasteiger partial charge on any atom is -0.497 e. The van der Waals surface area contributed by atoms with E-state index in [2.05, 4.69) is 15.2 Å². The van der Waals surface area contributed by atoms with Gasteiger partial charge >= 0.3 is 0 Å². The molecule has 0 bridgehead atoms. The number of nitrogens with zero attached hydrogens (tertiary/aromatic N) is 4. The van der Waals surface area contributed by atoms with E-state index in [4.69, 9.17) is 33.7 Å². The number of nitrogens with one attached hydrogen (secondary N) is 1. The number of methoxy groups -OCH3 is 1. The Kier molecular flexibility index (Phi) is 1.58. The normalized spacial score (nSPS) is 42.2. The Morgan fingerprint density at radius 2 is 2.70 bits per heavy atom. The number of hydrogen-bond donors (Lipinski definition) is 3. The lowest BCUT2D eigenvalue weighted by molar-refractivity contribution is 0.0501. The molecule has 3 aromatic rings. The highest BCUT2D eigenvalue weighted by molar-refractivity contribution is 5.76. The molecule has 8 heteroatoms. The number of anilines is 2. The Balaban J connectivity index is 2.05. The average molecular weight is 390 g/mol. The molecule has 1 fully saturated rings. The van der Waals surface area contributed by atoms with Crippen LogP contribution in [0.2, 0.25) is 4.24 Å². The van der Waals surface area contributed by atoms with Gasteiger partial charge in [-0.2, -0.15) is 5.10 Å². The van der Waals surface area contributed by atoms with Gasteiger partial charge in [-0.25, -0.2) is 9.50 Å². The first-order valence-corrected chi connectivity index (χ1v) is 7.30. The zero-order valence-electron chi connectivity index (χ0n) is 34.3. The molecule has 2 aromatic heterocycles. The lowest BCUT2D eigenvalue weighted by atomic mass is 10.0. The predicted molar refractivity (Wildman–Crippen MR) is 103 cm³/mol. The van der Waals surface area contributed by atoms with Crippen LogP contribution in [0.4, 0.5) is 11.5 Å². The van der Waals surface area contributed by atoms with E-state index in [0.29, 0.717) is 10.6 Å². The molecule has 1 aliphatic rings. The van der Waals surface area contributed by atoms with Crippen molar-refractivity contribution < 1.29 is 37.4 Å². The molecule has 0 amide bonds. The number of aromatic nitrogens is 3. The molecule has 1 aliphatic heterocycles. The van der Waals surface area contributed by atoms with E-state index in [-0.39, 0.29) is 10.2 Å². The molecule has 0 spiro atoms. The summed E-state index contributed by atoms with van der Waals surface area (Å²) in [5, 5.41) is 8.02. The zero-order valence-corrected chi connectivity index (χ0v) is 13.3. The monoisotopic (exact) mass is 389 g/mol. The van der Waals surface area contributed by atoms with Crippen LogP contribution in [-0.4, -0.2) is 58.2 Å². The van der Waals surface area contributed by atoms with E-state index in [1.165, 1.54) is 0 Å². The average Bonchev–Trinajstić information content (AvgIpc) is 3.22. The summed E-state index contributed by atoms with van der Waals surface area (Å²) in [5.74, 6) is -1.71. The summed E-state index contributed by atoms with van der Waals surface area (Å²) in [6.07, 6.45) is -9.22. The number of rotatable bonds is 7. The molecule has 27 heavy (non-hydrogen) atoms. The van der Waals surface area contributed by atoms with Gasteiger partial charge < -0.3 is 20.9 Å². The second-order valence-electron chi connectivity index (χ2n) is 5.10. The fourth-order valence-corrected chi connectivity index (χ4v) is 2.17. The van der Waals surface area contributed by atoms with Gasteiger partial charge in [0.25, 0.3) is 0 Å². The Morgan fingerprint density at radius 3 is 3.59 bits per heavy atom. The van der Waals surface area contributed by atoms with Crippen molar-refractivity contribution in [2.45, 2.75) is 25.0 Å². The van der Waals surface area contributed by atoms with Crippen molar-refractivity contribution in [2.75, 3.05) is 25.4 Å². The van der Waals surface area contributed by atoms with Crippen LogP contribution in [0.1, 0.15) is 35.2 Å². The SMILES string of the molecule is [2H]O[C@]1([2H])CN(C([2H])([2H])c2c([2H])c([2H])n3nc([2H])nc(N([2H])c4cc(OC([2H])([2H])[2H])c([2H])c([2H])c4[2H])c23)C([2H])([2H])C([2H])([2H])[C@@]1([2H])N([2H])[2H]. The van der Waals surface area contributed by atoms with Gasteiger partial charge in [0.05, 0.1) is 25.5 Å². The van der Waals surface area contributed by atoms with E-state index in [9.17, 15) is 0 Å². The number of hydrogen-bond acceptors (Lipinski definition) is 7. The molecule has 0 radical (unpaired) electrons. The molecule has 4 rings (SSSR count). The molecule has 142 valence electrons. The van der Waals surface area contributed by atoms with Crippen molar-refractivity contribution in [3.8, 4) is 5.75 Å². The number of fused-ring (bicyclic) bond motifs is 1. The maximum absolute atomic E-state index is 9.00. The standard InChI is InChI=1S/C19H24N6O2/c1-27-15-4-2-3-14(9-15)23-19-18-13(5-8-25(18)22-12-21-19)10-24-7-6-16(20)17(26)11-24/h2-5,8-9,12,16-17,26H,6-7,10-11,20H2,1H3,(H,21,22,23)/t16-,17-/m1/s1/i1D3,2D,3D,4D,5D,6D2,7D2,8D,10D2,12D,16D,17D,26D/hD3. The number of nitrogens with two attached hydrogens (primary N) is 1. The number of aliphatic hydroxyl groups is 1. The molecule has 2 atom stereocenters. The molecule has 0 aliphatic carbocycles. The van der Waals surface area contributed by atoms with Crippen molar-refractivity contribution in [2.24, 2.45) is 5.72 Å². The molecule has 3 heterocycles. The van der Waals surface area contributed by atoms with Gasteiger partial charge in [0.2, 0.25) is 1.43 Å². The van der Waals surface area contributed by atoms with Crippen LogP contribution in [0.5, 0.6) is 5.75 Å². The van der Waals surface area contributed by atoms with Crippen molar-refractivity contribution in [3.05, 3.63) is 48.3 Å². The summed E-state index contributed by atoms with van der Waals surface area (Å²) in [6.45, 7) is -8.90. The van der Waals surface area contributed by atoms with Crippen LogP contribution in [-0.2, 0) is 6.50 Å². The highest BCUT2D eigenvalue weighted by Crippen LogP contribution is 2.26. The maximum Gasteiger partial charge on any atom is 0.211 e. The van der Waals surface area contributed by atoms with Gasteiger partial charge in [-0.3, -0.25) is 4.90 Å². The van der Waals surface area contributed by atoms with Crippen LogP contribution in [0.25, 0.3) is 5.52 Å². The second kappa shape index (κ2) is 7.51. The van der Waals surface area contributed by atoms with Crippen LogP contribution in [0.15, 0.2) is 42.7 Å². The topological polar surface area (TPSA) is 101 Å². The van der Waals surface area contributed by atoms with Crippen LogP contribution in [0.3, 0.4) is 0 Å². The highest BCUT2D eigenvalue weighted by Gasteiger charge is 2.25. The molecule has 0 saturated carbocycles. The summed E-state index contributed by atoms with van der Waals surface area (Å²) in [4.78, 5) is 3.66. The minimum atomic E-state index is -3.89. The lowest BCUT2D eigenvalue weighted by Crippen LogP contribution is -2.50.